The molecule has 92 valence electrons. The van der Waals surface area contributed by atoms with Crippen LogP contribution in [0, 0.1) is 6.92 Å². The molecule has 3 nitrogen and oxygen atoms in total. The van der Waals surface area contributed by atoms with Crippen LogP contribution in [-0.4, -0.2) is 9.97 Å². The molecule has 0 saturated carbocycles. The van der Waals surface area contributed by atoms with Gasteiger partial charge < -0.3 is 5.73 Å². The molecule has 0 saturated heterocycles. The van der Waals surface area contributed by atoms with Gasteiger partial charge in [-0.15, -0.1) is 0 Å². The summed E-state index contributed by atoms with van der Waals surface area (Å²) in [7, 11) is 0. The molecule has 0 spiro atoms. The Kier molecular flexibility index (Phi) is 3.72. The van der Waals surface area contributed by atoms with Gasteiger partial charge in [-0.25, -0.2) is 9.97 Å². The molecule has 1 heterocycles. The highest BCUT2D eigenvalue weighted by Crippen LogP contribution is 2.13. The first-order chi connectivity index (χ1) is 8.69. The molecule has 1 aromatic heterocycles. The first kappa shape index (κ1) is 12.3. The number of nitrogens with two attached hydrogens (primary N) is 1. The largest absolute Gasteiger partial charge is 0.384 e. The van der Waals surface area contributed by atoms with Crippen LogP contribution in [0.3, 0.4) is 0 Å². The third-order valence-electron chi connectivity index (χ3n) is 2.75. The van der Waals surface area contributed by atoms with Crippen molar-refractivity contribution in [3.63, 3.8) is 0 Å². The van der Waals surface area contributed by atoms with Crippen LogP contribution in [0.2, 0.25) is 0 Å². The lowest BCUT2D eigenvalue weighted by Gasteiger charge is -2.02. The van der Waals surface area contributed by atoms with E-state index in [0.29, 0.717) is 11.6 Å². The zero-order valence-electron chi connectivity index (χ0n) is 10.7. The summed E-state index contributed by atoms with van der Waals surface area (Å²) in [5, 5.41) is 0. The SMILES string of the molecule is CCc1ccccc1C=Cc1cc(N)nc(C)n1. The highest BCUT2D eigenvalue weighted by Gasteiger charge is 1.97. The fourth-order valence-corrected chi connectivity index (χ4v) is 1.89. The average molecular weight is 239 g/mol. The third kappa shape index (κ3) is 2.94. The molecule has 0 bridgehead atoms. The summed E-state index contributed by atoms with van der Waals surface area (Å²) in [5.74, 6) is 1.20. The molecule has 18 heavy (non-hydrogen) atoms. The molecule has 2 rings (SSSR count). The van der Waals surface area contributed by atoms with Gasteiger partial charge in [-0.2, -0.15) is 0 Å². The minimum Gasteiger partial charge on any atom is -0.384 e. The number of hydrogen-bond acceptors (Lipinski definition) is 3. The smallest absolute Gasteiger partial charge is 0.128 e. The molecule has 3 heteroatoms. The lowest BCUT2D eigenvalue weighted by molar-refractivity contribution is 1.05. The topological polar surface area (TPSA) is 51.8 Å². The monoisotopic (exact) mass is 239 g/mol. The molecule has 1 aromatic carbocycles. The molecule has 0 aliphatic rings. The van der Waals surface area contributed by atoms with Crippen LogP contribution in [0.25, 0.3) is 12.2 Å². The number of aryl methyl sites for hydroxylation is 2. The Labute approximate surface area is 107 Å². The summed E-state index contributed by atoms with van der Waals surface area (Å²) >= 11 is 0. The van der Waals surface area contributed by atoms with E-state index in [-0.39, 0.29) is 0 Å². The molecule has 2 N–H and O–H groups in total. The predicted molar refractivity (Wildman–Crippen MR) is 75.9 cm³/mol. The standard InChI is InChI=1S/C15H17N3/c1-3-12-6-4-5-7-13(12)8-9-14-10-15(16)18-11(2)17-14/h4-10H,3H2,1-2H3,(H2,16,17,18). The number of hydrogen-bond donors (Lipinski definition) is 1. The first-order valence-corrected chi connectivity index (χ1v) is 6.06. The van der Waals surface area contributed by atoms with Gasteiger partial charge in [0.2, 0.25) is 0 Å². The zero-order valence-corrected chi connectivity index (χ0v) is 10.7. The Morgan fingerprint density at radius 3 is 2.67 bits per heavy atom. The molecule has 0 aliphatic carbocycles. The van der Waals surface area contributed by atoms with Crippen LogP contribution < -0.4 is 5.73 Å². The van der Waals surface area contributed by atoms with Crippen molar-refractivity contribution in [2.75, 3.05) is 5.73 Å². The minimum absolute atomic E-state index is 0.505. The maximum absolute atomic E-state index is 5.70. The van der Waals surface area contributed by atoms with E-state index in [1.807, 2.05) is 19.1 Å². The lowest BCUT2D eigenvalue weighted by atomic mass is 10.0. The van der Waals surface area contributed by atoms with Crippen molar-refractivity contribution in [1.82, 2.24) is 9.97 Å². The van der Waals surface area contributed by atoms with Crippen LogP contribution >= 0.6 is 0 Å². The molecule has 2 aromatic rings. The summed E-state index contributed by atoms with van der Waals surface area (Å²) in [5.41, 5.74) is 9.08. The van der Waals surface area contributed by atoms with E-state index in [0.717, 1.165) is 12.1 Å². The van der Waals surface area contributed by atoms with Gasteiger partial charge in [-0.05, 0) is 30.5 Å². The van der Waals surface area contributed by atoms with Crippen molar-refractivity contribution in [2.45, 2.75) is 20.3 Å². The minimum atomic E-state index is 0.505. The van der Waals surface area contributed by atoms with Gasteiger partial charge in [0.05, 0.1) is 5.69 Å². The van der Waals surface area contributed by atoms with Crippen molar-refractivity contribution in [3.05, 3.63) is 53.0 Å². The molecule has 0 fully saturated rings. The number of aromatic nitrogens is 2. The number of anilines is 1. The summed E-state index contributed by atoms with van der Waals surface area (Å²) in [6.45, 7) is 3.99. The number of rotatable bonds is 3. The van der Waals surface area contributed by atoms with E-state index in [9.17, 15) is 0 Å². The fraction of sp³-hybridized carbons (Fsp3) is 0.200. The van der Waals surface area contributed by atoms with Crippen molar-refractivity contribution in [2.24, 2.45) is 0 Å². The first-order valence-electron chi connectivity index (χ1n) is 6.06. The molecular weight excluding hydrogens is 222 g/mol. The predicted octanol–water partition coefficient (Wildman–Crippen LogP) is 3.10. The van der Waals surface area contributed by atoms with Crippen molar-refractivity contribution < 1.29 is 0 Å². The van der Waals surface area contributed by atoms with Gasteiger partial charge >= 0.3 is 0 Å². The van der Waals surface area contributed by atoms with Crippen LogP contribution in [-0.2, 0) is 6.42 Å². The van der Waals surface area contributed by atoms with Crippen LogP contribution in [0.5, 0.6) is 0 Å². The van der Waals surface area contributed by atoms with E-state index in [4.69, 9.17) is 5.73 Å². The highest BCUT2D eigenvalue weighted by molar-refractivity contribution is 5.70. The summed E-state index contributed by atoms with van der Waals surface area (Å²) in [6, 6.07) is 10.1. The zero-order chi connectivity index (χ0) is 13.0. The van der Waals surface area contributed by atoms with E-state index in [1.54, 1.807) is 6.07 Å². The van der Waals surface area contributed by atoms with E-state index >= 15 is 0 Å². The fourth-order valence-electron chi connectivity index (χ4n) is 1.89. The second kappa shape index (κ2) is 5.45. The Morgan fingerprint density at radius 1 is 1.17 bits per heavy atom. The third-order valence-corrected chi connectivity index (χ3v) is 2.75. The number of benzene rings is 1. The van der Waals surface area contributed by atoms with Gasteiger partial charge in [-0.3, -0.25) is 0 Å². The summed E-state index contributed by atoms with van der Waals surface area (Å²) in [6.07, 6.45) is 5.06. The normalized spacial score (nSPS) is 11.0. The molecule has 0 amide bonds. The molecule has 0 aliphatic heterocycles. The summed E-state index contributed by atoms with van der Waals surface area (Å²) < 4.78 is 0. The summed E-state index contributed by atoms with van der Waals surface area (Å²) in [4.78, 5) is 8.38. The highest BCUT2D eigenvalue weighted by atomic mass is 14.9. The van der Waals surface area contributed by atoms with Crippen molar-refractivity contribution in [1.29, 1.82) is 0 Å². The van der Waals surface area contributed by atoms with Crippen LogP contribution in [0.4, 0.5) is 5.82 Å². The number of nitrogen functional groups attached to an aromatic ring is 1. The van der Waals surface area contributed by atoms with Gasteiger partial charge in [-0.1, -0.05) is 37.3 Å². The maximum Gasteiger partial charge on any atom is 0.128 e. The van der Waals surface area contributed by atoms with Gasteiger partial charge in [0.25, 0.3) is 0 Å². The van der Waals surface area contributed by atoms with E-state index in [1.165, 1.54) is 11.1 Å². The maximum atomic E-state index is 5.70. The Morgan fingerprint density at radius 2 is 1.94 bits per heavy atom. The Balaban J connectivity index is 2.30. The van der Waals surface area contributed by atoms with Gasteiger partial charge in [0.15, 0.2) is 0 Å². The van der Waals surface area contributed by atoms with Crippen molar-refractivity contribution in [3.8, 4) is 0 Å². The van der Waals surface area contributed by atoms with Crippen LogP contribution in [0.15, 0.2) is 30.3 Å². The van der Waals surface area contributed by atoms with Crippen LogP contribution in [0.1, 0.15) is 29.6 Å². The second-order valence-corrected chi connectivity index (χ2v) is 4.15. The average Bonchev–Trinajstić information content (AvgIpc) is 2.35. The lowest BCUT2D eigenvalue weighted by Crippen LogP contribution is -1.96. The number of nitrogens with zero attached hydrogens (tertiary/aromatic N) is 2. The van der Waals surface area contributed by atoms with E-state index < -0.39 is 0 Å². The molecule has 0 unspecified atom stereocenters. The van der Waals surface area contributed by atoms with Gasteiger partial charge in [0.1, 0.15) is 11.6 Å². The Bertz CT molecular complexity index is 553. The molecule has 0 radical (unpaired) electrons. The Hall–Kier alpha value is -2.16. The van der Waals surface area contributed by atoms with E-state index in [2.05, 4.69) is 41.2 Å². The second-order valence-electron chi connectivity index (χ2n) is 4.15. The molecule has 0 atom stereocenters. The molecular formula is C15H17N3. The van der Waals surface area contributed by atoms with Gasteiger partial charge in [0, 0.05) is 6.07 Å². The van der Waals surface area contributed by atoms with Crippen molar-refractivity contribution >= 4 is 18.0 Å². The quantitative estimate of drug-likeness (QED) is 0.895.